The van der Waals surface area contributed by atoms with Crippen molar-refractivity contribution in [3.63, 3.8) is 0 Å². The van der Waals surface area contributed by atoms with Crippen molar-refractivity contribution in [2.45, 2.75) is 13.3 Å². The maximum absolute atomic E-state index is 3.53. The summed E-state index contributed by atoms with van der Waals surface area (Å²) in [6, 6.07) is 2.18. The van der Waals surface area contributed by atoms with Gasteiger partial charge in [-0.2, -0.15) is 0 Å². The van der Waals surface area contributed by atoms with Crippen LogP contribution < -0.4 is 5.32 Å². The van der Waals surface area contributed by atoms with E-state index in [9.17, 15) is 0 Å². The van der Waals surface area contributed by atoms with Crippen molar-refractivity contribution in [2.24, 2.45) is 0 Å². The first-order valence-corrected chi connectivity index (χ1v) is 5.24. The fourth-order valence-electron chi connectivity index (χ4n) is 0.940. The second-order valence-electron chi connectivity index (χ2n) is 2.48. The zero-order chi connectivity index (χ0) is 8.27. The SMILES string of the molecule is CNCCc1sc(C)cc1Br. The van der Waals surface area contributed by atoms with Gasteiger partial charge in [0.05, 0.1) is 0 Å². The zero-order valence-electron chi connectivity index (χ0n) is 6.78. The van der Waals surface area contributed by atoms with Crippen LogP contribution in [0.2, 0.25) is 0 Å². The summed E-state index contributed by atoms with van der Waals surface area (Å²) in [5.41, 5.74) is 0. The molecule has 0 aliphatic carbocycles. The van der Waals surface area contributed by atoms with Gasteiger partial charge in [0.15, 0.2) is 0 Å². The molecular weight excluding hydrogens is 222 g/mol. The summed E-state index contributed by atoms with van der Waals surface area (Å²) in [5, 5.41) is 3.14. The number of halogens is 1. The number of hydrogen-bond donors (Lipinski definition) is 1. The van der Waals surface area contributed by atoms with Gasteiger partial charge in [-0.05, 0) is 48.9 Å². The highest BCUT2D eigenvalue weighted by Crippen LogP contribution is 2.26. The number of hydrogen-bond acceptors (Lipinski definition) is 2. The standard InChI is InChI=1S/C8H12BrNS/c1-6-5-7(9)8(11-6)3-4-10-2/h5,10H,3-4H2,1-2H3. The Balaban J connectivity index is 2.62. The molecule has 1 rings (SSSR count). The van der Waals surface area contributed by atoms with E-state index in [4.69, 9.17) is 0 Å². The van der Waals surface area contributed by atoms with Gasteiger partial charge in [-0.15, -0.1) is 11.3 Å². The van der Waals surface area contributed by atoms with Gasteiger partial charge in [-0.1, -0.05) is 0 Å². The molecule has 0 bridgehead atoms. The van der Waals surface area contributed by atoms with Gasteiger partial charge in [0.2, 0.25) is 0 Å². The first kappa shape index (κ1) is 9.23. The monoisotopic (exact) mass is 233 g/mol. The van der Waals surface area contributed by atoms with E-state index in [2.05, 4.69) is 34.2 Å². The van der Waals surface area contributed by atoms with E-state index in [0.717, 1.165) is 13.0 Å². The Kier molecular flexibility index (Phi) is 3.55. The first-order valence-electron chi connectivity index (χ1n) is 3.63. The second kappa shape index (κ2) is 4.24. The lowest BCUT2D eigenvalue weighted by Gasteiger charge is -1.95. The molecule has 1 aromatic heterocycles. The molecule has 1 N–H and O–H groups in total. The van der Waals surface area contributed by atoms with E-state index in [1.54, 1.807) is 0 Å². The number of aryl methyl sites for hydroxylation is 1. The Morgan fingerprint density at radius 2 is 2.36 bits per heavy atom. The first-order chi connectivity index (χ1) is 5.24. The second-order valence-corrected chi connectivity index (χ2v) is 4.68. The van der Waals surface area contributed by atoms with Crippen LogP contribution >= 0.6 is 27.3 Å². The molecule has 0 spiro atoms. The van der Waals surface area contributed by atoms with Crippen LogP contribution in [0.25, 0.3) is 0 Å². The summed E-state index contributed by atoms with van der Waals surface area (Å²) in [6.45, 7) is 3.19. The summed E-state index contributed by atoms with van der Waals surface area (Å²) in [5.74, 6) is 0. The van der Waals surface area contributed by atoms with Crippen molar-refractivity contribution in [1.29, 1.82) is 0 Å². The topological polar surface area (TPSA) is 12.0 Å². The largest absolute Gasteiger partial charge is 0.319 e. The lowest BCUT2D eigenvalue weighted by atomic mass is 10.3. The average molecular weight is 234 g/mol. The maximum Gasteiger partial charge on any atom is 0.0317 e. The van der Waals surface area contributed by atoms with Gasteiger partial charge in [0, 0.05) is 14.2 Å². The van der Waals surface area contributed by atoms with Crippen LogP contribution in [0.3, 0.4) is 0 Å². The van der Waals surface area contributed by atoms with Crippen LogP contribution in [0.5, 0.6) is 0 Å². The Hall–Kier alpha value is 0.140. The third-order valence-electron chi connectivity index (χ3n) is 1.48. The predicted octanol–water partition coefficient (Wildman–Crippen LogP) is 2.58. The Bertz CT molecular complexity index is 232. The van der Waals surface area contributed by atoms with Crippen molar-refractivity contribution < 1.29 is 0 Å². The van der Waals surface area contributed by atoms with Crippen LogP contribution in [-0.2, 0) is 6.42 Å². The summed E-state index contributed by atoms with van der Waals surface area (Å²) in [6.07, 6.45) is 1.12. The Morgan fingerprint density at radius 1 is 1.64 bits per heavy atom. The molecule has 0 aromatic carbocycles. The molecule has 0 saturated heterocycles. The molecule has 0 radical (unpaired) electrons. The molecule has 1 nitrogen and oxygen atoms in total. The molecular formula is C8H12BrNS. The van der Waals surface area contributed by atoms with Gasteiger partial charge in [-0.25, -0.2) is 0 Å². The van der Waals surface area contributed by atoms with Crippen LogP contribution in [0.15, 0.2) is 10.5 Å². The molecule has 0 saturated carbocycles. The number of nitrogens with one attached hydrogen (secondary N) is 1. The summed E-state index contributed by atoms with van der Waals surface area (Å²) >= 11 is 5.40. The highest BCUT2D eigenvalue weighted by Gasteiger charge is 2.02. The lowest BCUT2D eigenvalue weighted by molar-refractivity contribution is 0.798. The summed E-state index contributed by atoms with van der Waals surface area (Å²) in [4.78, 5) is 2.82. The third-order valence-corrected chi connectivity index (χ3v) is 3.56. The summed E-state index contributed by atoms with van der Waals surface area (Å²) < 4.78 is 1.26. The molecule has 0 unspecified atom stereocenters. The normalized spacial score (nSPS) is 10.5. The van der Waals surface area contributed by atoms with Gasteiger partial charge < -0.3 is 5.32 Å². The van der Waals surface area contributed by atoms with E-state index in [0.29, 0.717) is 0 Å². The van der Waals surface area contributed by atoms with Crippen LogP contribution in [0, 0.1) is 6.92 Å². The van der Waals surface area contributed by atoms with Crippen LogP contribution in [0.1, 0.15) is 9.75 Å². The molecule has 0 aliphatic heterocycles. The number of thiophene rings is 1. The minimum Gasteiger partial charge on any atom is -0.319 e. The minimum absolute atomic E-state index is 1.05. The number of likely N-dealkylation sites (N-methyl/N-ethyl adjacent to an activating group) is 1. The van der Waals surface area contributed by atoms with Gasteiger partial charge >= 0.3 is 0 Å². The molecule has 0 amide bonds. The predicted molar refractivity (Wildman–Crippen MR) is 54.4 cm³/mol. The van der Waals surface area contributed by atoms with E-state index in [1.807, 2.05) is 18.4 Å². The van der Waals surface area contributed by atoms with Crippen molar-refractivity contribution in [3.05, 3.63) is 20.3 Å². The molecule has 0 atom stereocenters. The average Bonchev–Trinajstić information content (AvgIpc) is 2.26. The van der Waals surface area contributed by atoms with Crippen molar-refractivity contribution >= 4 is 27.3 Å². The van der Waals surface area contributed by atoms with E-state index < -0.39 is 0 Å². The molecule has 1 aromatic rings. The quantitative estimate of drug-likeness (QED) is 0.847. The van der Waals surface area contributed by atoms with Gasteiger partial charge in [0.25, 0.3) is 0 Å². The third kappa shape index (κ3) is 2.58. The van der Waals surface area contributed by atoms with E-state index >= 15 is 0 Å². The van der Waals surface area contributed by atoms with Crippen molar-refractivity contribution in [3.8, 4) is 0 Å². The van der Waals surface area contributed by atoms with Crippen LogP contribution in [0.4, 0.5) is 0 Å². The fraction of sp³-hybridized carbons (Fsp3) is 0.500. The van der Waals surface area contributed by atoms with E-state index in [-0.39, 0.29) is 0 Å². The fourth-order valence-corrected chi connectivity index (χ4v) is 2.80. The molecule has 0 aliphatic rings. The molecule has 62 valence electrons. The van der Waals surface area contributed by atoms with Crippen molar-refractivity contribution in [1.82, 2.24) is 5.32 Å². The van der Waals surface area contributed by atoms with Gasteiger partial charge in [-0.3, -0.25) is 0 Å². The Morgan fingerprint density at radius 3 is 2.82 bits per heavy atom. The highest BCUT2D eigenvalue weighted by atomic mass is 79.9. The van der Waals surface area contributed by atoms with E-state index in [1.165, 1.54) is 14.2 Å². The lowest BCUT2D eigenvalue weighted by Crippen LogP contribution is -2.09. The highest BCUT2D eigenvalue weighted by molar-refractivity contribution is 9.10. The summed E-state index contributed by atoms with van der Waals surface area (Å²) in [7, 11) is 1.98. The van der Waals surface area contributed by atoms with Gasteiger partial charge in [0.1, 0.15) is 0 Å². The maximum atomic E-state index is 3.53. The van der Waals surface area contributed by atoms with Crippen LogP contribution in [-0.4, -0.2) is 13.6 Å². The zero-order valence-corrected chi connectivity index (χ0v) is 9.18. The molecule has 0 fully saturated rings. The molecule has 1 heterocycles. The smallest absolute Gasteiger partial charge is 0.0317 e. The Labute approximate surface area is 79.9 Å². The molecule has 3 heteroatoms. The van der Waals surface area contributed by atoms with Crippen molar-refractivity contribution in [2.75, 3.05) is 13.6 Å². The number of rotatable bonds is 3. The minimum atomic E-state index is 1.05. The molecule has 11 heavy (non-hydrogen) atoms.